The number of fused-ring (bicyclic) bond motifs is 1. The average Bonchev–Trinajstić information content (AvgIpc) is 3.51. The van der Waals surface area contributed by atoms with Crippen LogP contribution >= 0.6 is 11.8 Å². The summed E-state index contributed by atoms with van der Waals surface area (Å²) in [7, 11) is 0. The standard InChI is InChI=1S/C26H30N4O4S/c1-26(2,3)20-10-8-17(9-11-20)24-27-28-25(29(24)21-6-4-5-7-21)35-15-19-13-22(30(31)32)12-18-14-33-16-34-23(18)19/h8-13,21H,4-7,14-16H2,1-3H3. The van der Waals surface area contributed by atoms with Crippen LogP contribution in [0.25, 0.3) is 11.4 Å². The molecule has 5 rings (SSSR count). The van der Waals surface area contributed by atoms with Crippen molar-refractivity contribution >= 4 is 17.4 Å². The van der Waals surface area contributed by atoms with Gasteiger partial charge >= 0.3 is 0 Å². The molecule has 1 aliphatic heterocycles. The fourth-order valence-electron chi connectivity index (χ4n) is 4.82. The maximum absolute atomic E-state index is 11.5. The largest absolute Gasteiger partial charge is 0.467 e. The van der Waals surface area contributed by atoms with Crippen molar-refractivity contribution < 1.29 is 14.4 Å². The molecule has 184 valence electrons. The fraction of sp³-hybridized carbons (Fsp3) is 0.462. The van der Waals surface area contributed by atoms with Gasteiger partial charge in [-0.2, -0.15) is 0 Å². The van der Waals surface area contributed by atoms with Gasteiger partial charge in [-0.15, -0.1) is 10.2 Å². The quantitative estimate of drug-likeness (QED) is 0.222. The number of thioether (sulfide) groups is 1. The molecule has 8 nitrogen and oxygen atoms in total. The second-order valence-corrected chi connectivity index (χ2v) is 11.1. The van der Waals surface area contributed by atoms with Gasteiger partial charge in [-0.1, -0.05) is 69.6 Å². The van der Waals surface area contributed by atoms with Crippen molar-refractivity contribution in [2.24, 2.45) is 0 Å². The van der Waals surface area contributed by atoms with Crippen LogP contribution in [0.3, 0.4) is 0 Å². The molecule has 1 fully saturated rings. The Morgan fingerprint density at radius 3 is 2.57 bits per heavy atom. The summed E-state index contributed by atoms with van der Waals surface area (Å²) in [4.78, 5) is 11.1. The molecule has 2 heterocycles. The number of nitrogens with zero attached hydrogens (tertiary/aromatic N) is 4. The minimum Gasteiger partial charge on any atom is -0.467 e. The molecule has 0 radical (unpaired) electrons. The highest BCUT2D eigenvalue weighted by atomic mass is 32.2. The van der Waals surface area contributed by atoms with E-state index < -0.39 is 0 Å². The van der Waals surface area contributed by atoms with E-state index in [1.165, 1.54) is 24.5 Å². The number of hydrogen-bond acceptors (Lipinski definition) is 7. The van der Waals surface area contributed by atoms with Crippen molar-refractivity contribution in [1.82, 2.24) is 14.8 Å². The first kappa shape index (κ1) is 23.8. The molecule has 0 saturated heterocycles. The first-order chi connectivity index (χ1) is 16.8. The summed E-state index contributed by atoms with van der Waals surface area (Å²) in [6.45, 7) is 7.08. The minimum absolute atomic E-state index is 0.0466. The van der Waals surface area contributed by atoms with E-state index in [0.717, 1.165) is 34.9 Å². The minimum atomic E-state index is -0.372. The molecule has 0 N–H and O–H groups in total. The van der Waals surface area contributed by atoms with E-state index in [2.05, 4.69) is 59.8 Å². The van der Waals surface area contributed by atoms with E-state index in [1.807, 2.05) is 0 Å². The third-order valence-corrected chi connectivity index (χ3v) is 7.69. The monoisotopic (exact) mass is 494 g/mol. The summed E-state index contributed by atoms with van der Waals surface area (Å²) in [6.07, 6.45) is 4.60. The van der Waals surface area contributed by atoms with E-state index in [9.17, 15) is 10.1 Å². The van der Waals surface area contributed by atoms with E-state index in [1.54, 1.807) is 17.8 Å². The molecule has 0 atom stereocenters. The lowest BCUT2D eigenvalue weighted by atomic mass is 9.86. The van der Waals surface area contributed by atoms with Crippen molar-refractivity contribution in [2.75, 3.05) is 6.79 Å². The summed E-state index contributed by atoms with van der Waals surface area (Å²) in [5.41, 5.74) is 3.95. The number of nitro groups is 1. The first-order valence-electron chi connectivity index (χ1n) is 12.0. The number of nitro benzene ring substituents is 1. The van der Waals surface area contributed by atoms with Crippen molar-refractivity contribution in [1.29, 1.82) is 0 Å². The van der Waals surface area contributed by atoms with Gasteiger partial charge in [0.1, 0.15) is 5.75 Å². The van der Waals surface area contributed by atoms with Gasteiger partial charge in [-0.25, -0.2) is 0 Å². The van der Waals surface area contributed by atoms with Crippen LogP contribution < -0.4 is 4.74 Å². The zero-order valence-corrected chi connectivity index (χ0v) is 21.1. The van der Waals surface area contributed by atoms with Crippen LogP contribution in [0.1, 0.15) is 69.2 Å². The molecule has 2 aliphatic rings. The third-order valence-electron chi connectivity index (χ3n) is 6.70. The molecule has 0 bridgehead atoms. The van der Waals surface area contributed by atoms with E-state index in [0.29, 0.717) is 29.7 Å². The smallest absolute Gasteiger partial charge is 0.270 e. The van der Waals surface area contributed by atoms with Crippen molar-refractivity contribution in [3.05, 3.63) is 63.2 Å². The molecule has 2 aromatic carbocycles. The van der Waals surface area contributed by atoms with Crippen LogP contribution in [0, 0.1) is 10.1 Å². The van der Waals surface area contributed by atoms with Gasteiger partial charge in [-0.05, 0) is 23.8 Å². The number of ether oxygens (including phenoxy) is 2. The lowest BCUT2D eigenvalue weighted by molar-refractivity contribution is -0.385. The summed E-state index contributed by atoms with van der Waals surface area (Å²) in [5, 5.41) is 21.5. The topological polar surface area (TPSA) is 92.3 Å². The van der Waals surface area contributed by atoms with Crippen molar-refractivity contribution in [3.8, 4) is 17.1 Å². The third kappa shape index (κ3) is 4.92. The average molecular weight is 495 g/mol. The zero-order chi connectivity index (χ0) is 24.6. The van der Waals surface area contributed by atoms with Crippen molar-refractivity contribution in [2.45, 2.75) is 75.4 Å². The molecular formula is C26H30N4O4S. The normalized spacial score (nSPS) is 16.2. The Morgan fingerprint density at radius 2 is 1.89 bits per heavy atom. The Morgan fingerprint density at radius 1 is 1.14 bits per heavy atom. The second-order valence-electron chi connectivity index (χ2n) is 10.2. The molecule has 0 spiro atoms. The van der Waals surface area contributed by atoms with Gasteiger partial charge in [-0.3, -0.25) is 14.7 Å². The second kappa shape index (κ2) is 9.62. The molecular weight excluding hydrogens is 464 g/mol. The molecule has 9 heteroatoms. The molecule has 1 aliphatic carbocycles. The maximum atomic E-state index is 11.5. The highest BCUT2D eigenvalue weighted by molar-refractivity contribution is 7.98. The summed E-state index contributed by atoms with van der Waals surface area (Å²) in [6, 6.07) is 12.1. The molecule has 1 saturated carbocycles. The number of aromatic nitrogens is 3. The van der Waals surface area contributed by atoms with Gasteiger partial charge in [0.15, 0.2) is 17.8 Å². The predicted molar refractivity (Wildman–Crippen MR) is 135 cm³/mol. The SMILES string of the molecule is CC(C)(C)c1ccc(-c2nnc(SCc3cc([N+](=O)[O-])cc4c3OCOC4)n2C2CCCC2)cc1. The predicted octanol–water partition coefficient (Wildman–Crippen LogP) is 6.42. The lowest BCUT2D eigenvalue weighted by Crippen LogP contribution is -2.13. The molecule has 0 amide bonds. The van der Waals surface area contributed by atoms with E-state index >= 15 is 0 Å². The van der Waals surface area contributed by atoms with Crippen LogP contribution in [0.15, 0.2) is 41.6 Å². The summed E-state index contributed by atoms with van der Waals surface area (Å²) < 4.78 is 13.3. The summed E-state index contributed by atoms with van der Waals surface area (Å²) >= 11 is 1.55. The van der Waals surface area contributed by atoms with Crippen LogP contribution in [0.5, 0.6) is 5.75 Å². The van der Waals surface area contributed by atoms with E-state index in [4.69, 9.17) is 9.47 Å². The molecule has 35 heavy (non-hydrogen) atoms. The van der Waals surface area contributed by atoms with Crippen LogP contribution in [0.4, 0.5) is 5.69 Å². The number of rotatable bonds is 6. The van der Waals surface area contributed by atoms with Gasteiger partial charge in [0, 0.05) is 40.6 Å². The Balaban J connectivity index is 1.47. The lowest BCUT2D eigenvalue weighted by Gasteiger charge is -2.21. The highest BCUT2D eigenvalue weighted by Crippen LogP contribution is 2.40. The maximum Gasteiger partial charge on any atom is 0.270 e. The fourth-order valence-corrected chi connectivity index (χ4v) is 5.79. The first-order valence-corrected chi connectivity index (χ1v) is 13.0. The Kier molecular flexibility index (Phi) is 6.55. The Labute approximate surface area is 209 Å². The number of non-ortho nitro benzene ring substituents is 1. The van der Waals surface area contributed by atoms with Gasteiger partial charge < -0.3 is 9.47 Å². The van der Waals surface area contributed by atoms with Crippen LogP contribution in [-0.4, -0.2) is 26.5 Å². The van der Waals surface area contributed by atoms with E-state index in [-0.39, 0.29) is 22.8 Å². The Hall–Kier alpha value is -2.91. The van der Waals surface area contributed by atoms with Crippen LogP contribution in [0.2, 0.25) is 0 Å². The molecule has 1 aromatic heterocycles. The van der Waals surface area contributed by atoms with Gasteiger partial charge in [0.05, 0.1) is 11.5 Å². The van der Waals surface area contributed by atoms with Crippen LogP contribution in [-0.2, 0) is 22.5 Å². The number of benzene rings is 2. The zero-order valence-electron chi connectivity index (χ0n) is 20.3. The summed E-state index contributed by atoms with van der Waals surface area (Å²) in [5.74, 6) is 2.06. The van der Waals surface area contributed by atoms with Crippen molar-refractivity contribution in [3.63, 3.8) is 0 Å². The molecule has 3 aromatic rings. The van der Waals surface area contributed by atoms with Gasteiger partial charge in [0.25, 0.3) is 5.69 Å². The van der Waals surface area contributed by atoms with Gasteiger partial charge in [0.2, 0.25) is 0 Å². The number of hydrogen-bond donors (Lipinski definition) is 0. The highest BCUT2D eigenvalue weighted by Gasteiger charge is 2.27. The Bertz CT molecular complexity index is 1230. The molecule has 0 unspecified atom stereocenters.